The summed E-state index contributed by atoms with van der Waals surface area (Å²) in [5.41, 5.74) is 4.54. The summed E-state index contributed by atoms with van der Waals surface area (Å²) in [5, 5.41) is 2.59. The summed E-state index contributed by atoms with van der Waals surface area (Å²) in [6, 6.07) is 12.6. The lowest BCUT2D eigenvalue weighted by Gasteiger charge is -2.34. The van der Waals surface area contributed by atoms with Crippen LogP contribution in [0.15, 0.2) is 42.5 Å². The highest BCUT2D eigenvalue weighted by Crippen LogP contribution is 2.34. The second-order valence-electron chi connectivity index (χ2n) is 7.13. The number of aryl methyl sites for hydroxylation is 2. The Morgan fingerprint density at radius 1 is 1.07 bits per heavy atom. The summed E-state index contributed by atoms with van der Waals surface area (Å²) in [6.07, 6.45) is 0.834. The van der Waals surface area contributed by atoms with Gasteiger partial charge in [-0.2, -0.15) is 0 Å². The minimum absolute atomic E-state index is 0.133. The number of aromatic nitrogens is 2. The number of fused-ring (bicyclic) bond motifs is 2. The Labute approximate surface area is 175 Å². The predicted octanol–water partition coefficient (Wildman–Crippen LogP) is 2.91. The summed E-state index contributed by atoms with van der Waals surface area (Å²) >= 11 is 0. The lowest BCUT2D eigenvalue weighted by Crippen LogP contribution is -2.50. The average molecular weight is 404 g/mol. The molecule has 2 heterocycles. The van der Waals surface area contributed by atoms with Crippen LogP contribution in [0, 0.1) is 0 Å². The van der Waals surface area contributed by atoms with E-state index >= 15 is 0 Å². The van der Waals surface area contributed by atoms with Crippen LogP contribution in [0.4, 0.5) is 5.69 Å². The fourth-order valence-corrected chi connectivity index (χ4v) is 3.71. The molecule has 1 aliphatic rings. The maximum Gasteiger partial charge on any atom is 0.262 e. The van der Waals surface area contributed by atoms with Crippen molar-refractivity contribution in [1.82, 2.24) is 15.3 Å². The minimum atomic E-state index is -0.770. The van der Waals surface area contributed by atoms with E-state index in [0.717, 1.165) is 29.7 Å². The molecule has 1 aliphatic heterocycles. The first kappa shape index (κ1) is 19.8. The quantitative estimate of drug-likeness (QED) is 0.723. The summed E-state index contributed by atoms with van der Waals surface area (Å²) in [6.45, 7) is 4.24. The van der Waals surface area contributed by atoms with E-state index in [1.807, 2.05) is 31.2 Å². The summed E-state index contributed by atoms with van der Waals surface area (Å²) in [7, 11) is 1.55. The molecular formula is C23H24N4O3. The molecule has 0 aliphatic carbocycles. The van der Waals surface area contributed by atoms with Crippen molar-refractivity contribution in [3.63, 3.8) is 0 Å². The van der Waals surface area contributed by atoms with Gasteiger partial charge in [-0.25, -0.2) is 9.97 Å². The first-order valence-corrected chi connectivity index (χ1v) is 10.1. The second-order valence-corrected chi connectivity index (χ2v) is 7.13. The number of rotatable bonds is 4. The Balaban J connectivity index is 1.74. The van der Waals surface area contributed by atoms with Gasteiger partial charge in [0.15, 0.2) is 6.10 Å². The van der Waals surface area contributed by atoms with Crippen LogP contribution < -0.4 is 15.0 Å². The molecule has 2 amide bonds. The molecule has 0 fully saturated rings. The monoisotopic (exact) mass is 404 g/mol. The lowest BCUT2D eigenvalue weighted by molar-refractivity contribution is -0.127. The van der Waals surface area contributed by atoms with E-state index in [-0.39, 0.29) is 18.4 Å². The van der Waals surface area contributed by atoms with E-state index in [1.54, 1.807) is 30.1 Å². The molecule has 2 aromatic carbocycles. The molecule has 1 N–H and O–H groups in total. The molecule has 7 heteroatoms. The first-order chi connectivity index (χ1) is 14.5. The molecule has 7 nitrogen and oxygen atoms in total. The van der Waals surface area contributed by atoms with Crippen LogP contribution in [0.25, 0.3) is 11.0 Å². The number of nitrogens with zero attached hydrogens (tertiary/aromatic N) is 3. The smallest absolute Gasteiger partial charge is 0.262 e. The van der Waals surface area contributed by atoms with Crippen LogP contribution in [0.5, 0.6) is 5.75 Å². The minimum Gasteiger partial charge on any atom is -0.477 e. The van der Waals surface area contributed by atoms with E-state index in [9.17, 15) is 9.59 Å². The van der Waals surface area contributed by atoms with E-state index < -0.39 is 6.10 Å². The van der Waals surface area contributed by atoms with Gasteiger partial charge < -0.3 is 15.0 Å². The number of amides is 2. The highest BCUT2D eigenvalue weighted by molar-refractivity contribution is 6.09. The molecule has 154 valence electrons. The van der Waals surface area contributed by atoms with Crippen LogP contribution >= 0.6 is 0 Å². The number of hydrogen-bond donors (Lipinski definition) is 1. The maximum absolute atomic E-state index is 13.4. The molecule has 3 aromatic rings. The van der Waals surface area contributed by atoms with Crippen molar-refractivity contribution in [3.05, 3.63) is 59.4 Å². The van der Waals surface area contributed by atoms with E-state index in [0.29, 0.717) is 22.5 Å². The third-order valence-electron chi connectivity index (χ3n) is 5.29. The van der Waals surface area contributed by atoms with Crippen LogP contribution in [0.1, 0.15) is 35.6 Å². The van der Waals surface area contributed by atoms with Crippen molar-refractivity contribution < 1.29 is 14.3 Å². The van der Waals surface area contributed by atoms with Crippen molar-refractivity contribution in [2.45, 2.75) is 32.8 Å². The molecule has 1 unspecified atom stereocenters. The third kappa shape index (κ3) is 3.47. The topological polar surface area (TPSA) is 84.4 Å². The number of benzene rings is 2. The Hall–Kier alpha value is -3.48. The highest BCUT2D eigenvalue weighted by atomic mass is 16.5. The Morgan fingerprint density at radius 2 is 1.77 bits per heavy atom. The zero-order chi connectivity index (χ0) is 21.3. The van der Waals surface area contributed by atoms with E-state index in [1.165, 1.54) is 0 Å². The fourth-order valence-electron chi connectivity index (χ4n) is 3.71. The van der Waals surface area contributed by atoms with Crippen LogP contribution in [-0.4, -0.2) is 41.5 Å². The summed E-state index contributed by atoms with van der Waals surface area (Å²) in [5.74, 6) is 0.0273. The molecule has 4 rings (SSSR count). The van der Waals surface area contributed by atoms with Gasteiger partial charge in [0.2, 0.25) is 0 Å². The van der Waals surface area contributed by atoms with Gasteiger partial charge in [0.25, 0.3) is 11.8 Å². The van der Waals surface area contributed by atoms with Gasteiger partial charge in [0.05, 0.1) is 34.7 Å². The third-order valence-corrected chi connectivity index (χ3v) is 5.29. The average Bonchev–Trinajstić information content (AvgIpc) is 2.80. The Bertz CT molecular complexity index is 1130. The van der Waals surface area contributed by atoms with Crippen molar-refractivity contribution in [3.8, 4) is 5.75 Å². The largest absolute Gasteiger partial charge is 0.477 e. The number of anilines is 1. The van der Waals surface area contributed by atoms with Crippen LogP contribution in [0.3, 0.4) is 0 Å². The number of para-hydroxylation sites is 2. The number of nitrogens with one attached hydrogen (secondary N) is 1. The number of carbonyl (C=O) groups excluding carboxylic acids is 2. The van der Waals surface area contributed by atoms with Gasteiger partial charge >= 0.3 is 0 Å². The van der Waals surface area contributed by atoms with Crippen molar-refractivity contribution in [2.75, 3.05) is 18.5 Å². The predicted molar refractivity (Wildman–Crippen MR) is 115 cm³/mol. The zero-order valence-electron chi connectivity index (χ0n) is 17.3. The SMILES string of the molecule is CCc1nc2ccc(C(=O)N3CC(C(=O)NC)Oc4ccccc43)cc2nc1CC. The van der Waals surface area contributed by atoms with Crippen molar-refractivity contribution >= 4 is 28.5 Å². The number of carbonyl (C=O) groups is 2. The molecule has 30 heavy (non-hydrogen) atoms. The van der Waals surface area contributed by atoms with Crippen LogP contribution in [-0.2, 0) is 17.6 Å². The molecule has 0 saturated carbocycles. The molecular weight excluding hydrogens is 380 g/mol. The molecule has 0 saturated heterocycles. The molecule has 0 bridgehead atoms. The van der Waals surface area contributed by atoms with Crippen molar-refractivity contribution in [1.29, 1.82) is 0 Å². The zero-order valence-corrected chi connectivity index (χ0v) is 17.3. The van der Waals surface area contributed by atoms with E-state index in [2.05, 4.69) is 12.2 Å². The van der Waals surface area contributed by atoms with Gasteiger partial charge in [-0.05, 0) is 43.2 Å². The standard InChI is InChI=1S/C23H24N4O3/c1-4-15-16(5-2)26-18-12-14(10-11-17(18)25-15)23(29)27-13-21(22(28)24-3)30-20-9-7-6-8-19(20)27/h6-12,21H,4-5,13H2,1-3H3,(H,24,28). The summed E-state index contributed by atoms with van der Waals surface area (Å²) < 4.78 is 5.80. The summed E-state index contributed by atoms with van der Waals surface area (Å²) in [4.78, 5) is 36.6. The van der Waals surface area contributed by atoms with Crippen molar-refractivity contribution in [2.24, 2.45) is 0 Å². The normalized spacial score (nSPS) is 15.4. The molecule has 1 aromatic heterocycles. The van der Waals surface area contributed by atoms with Gasteiger partial charge in [-0.1, -0.05) is 26.0 Å². The van der Waals surface area contributed by atoms with Gasteiger partial charge in [-0.15, -0.1) is 0 Å². The molecule has 0 spiro atoms. The van der Waals surface area contributed by atoms with Gasteiger partial charge in [0.1, 0.15) is 5.75 Å². The van der Waals surface area contributed by atoms with Gasteiger partial charge in [0, 0.05) is 12.6 Å². The number of hydrogen-bond acceptors (Lipinski definition) is 5. The Morgan fingerprint density at radius 3 is 2.47 bits per heavy atom. The Kier molecular flexibility index (Phi) is 5.35. The maximum atomic E-state index is 13.4. The number of likely N-dealkylation sites (N-methyl/N-ethyl adjacent to an activating group) is 1. The van der Waals surface area contributed by atoms with E-state index in [4.69, 9.17) is 14.7 Å². The molecule has 0 radical (unpaired) electrons. The first-order valence-electron chi connectivity index (χ1n) is 10.1. The van der Waals surface area contributed by atoms with Gasteiger partial charge in [-0.3, -0.25) is 9.59 Å². The molecule has 1 atom stereocenters. The van der Waals surface area contributed by atoms with Crippen LogP contribution in [0.2, 0.25) is 0 Å². The number of ether oxygens (including phenoxy) is 1. The highest BCUT2D eigenvalue weighted by Gasteiger charge is 2.33. The lowest BCUT2D eigenvalue weighted by atomic mass is 10.1. The fraction of sp³-hybridized carbons (Fsp3) is 0.304. The second kappa shape index (κ2) is 8.10.